The third-order valence-corrected chi connectivity index (χ3v) is 5.69. The number of urea groups is 1. The highest BCUT2D eigenvalue weighted by Crippen LogP contribution is 2.30. The normalized spacial score (nSPS) is 16.8. The molecule has 7 nitrogen and oxygen atoms in total. The summed E-state index contributed by atoms with van der Waals surface area (Å²) in [6.07, 6.45) is 1.85. The first kappa shape index (κ1) is 18.5. The molecule has 2 aromatic heterocycles. The molecule has 1 fully saturated rings. The van der Waals surface area contributed by atoms with Gasteiger partial charge in [-0.3, -0.25) is 0 Å². The Bertz CT molecular complexity index is 908. The van der Waals surface area contributed by atoms with Crippen LogP contribution in [-0.2, 0) is 6.54 Å². The molecule has 1 aliphatic rings. The minimum atomic E-state index is -0.0708. The summed E-state index contributed by atoms with van der Waals surface area (Å²) in [6, 6.07) is 11.5. The van der Waals surface area contributed by atoms with Gasteiger partial charge in [0.05, 0.1) is 17.9 Å². The molecule has 4 rings (SSSR count). The number of likely N-dealkylation sites (tertiary alicyclic amines) is 1. The lowest BCUT2D eigenvalue weighted by atomic mass is 9.98. The lowest BCUT2D eigenvalue weighted by Gasteiger charge is -2.31. The highest BCUT2D eigenvalue weighted by molar-refractivity contribution is 7.13. The molecular weight excluding hydrogens is 376 g/mol. The summed E-state index contributed by atoms with van der Waals surface area (Å²) in [7, 11) is 1.64. The molecule has 0 bridgehead atoms. The number of ether oxygens (including phenoxy) is 1. The fourth-order valence-electron chi connectivity index (χ4n) is 3.30. The van der Waals surface area contributed by atoms with Gasteiger partial charge in [0, 0.05) is 19.6 Å². The number of hydrogen-bond acceptors (Lipinski definition) is 6. The van der Waals surface area contributed by atoms with Gasteiger partial charge in [0.15, 0.2) is 0 Å². The topological polar surface area (TPSA) is 80.5 Å². The third kappa shape index (κ3) is 4.17. The standard InChI is InChI=1S/C20H22N4O3S/c1-26-16-8-6-14(7-9-16)12-21-20(25)24-10-2-4-15(13-24)18-22-23-19(27-18)17-5-3-11-28-17/h3,5-9,11,15H,2,4,10,12-13H2,1H3,(H,21,25). The molecule has 28 heavy (non-hydrogen) atoms. The van der Waals surface area contributed by atoms with E-state index in [-0.39, 0.29) is 11.9 Å². The van der Waals surface area contributed by atoms with Crippen LogP contribution in [0.3, 0.4) is 0 Å². The first-order valence-electron chi connectivity index (χ1n) is 9.26. The van der Waals surface area contributed by atoms with E-state index >= 15 is 0 Å². The van der Waals surface area contributed by atoms with Gasteiger partial charge in [-0.25, -0.2) is 4.79 Å². The Morgan fingerprint density at radius 3 is 2.93 bits per heavy atom. The highest BCUT2D eigenvalue weighted by atomic mass is 32.1. The zero-order chi connectivity index (χ0) is 19.3. The smallest absolute Gasteiger partial charge is 0.317 e. The van der Waals surface area contributed by atoms with Crippen molar-refractivity contribution in [2.75, 3.05) is 20.2 Å². The van der Waals surface area contributed by atoms with Crippen molar-refractivity contribution in [3.05, 3.63) is 53.2 Å². The number of carbonyl (C=O) groups is 1. The van der Waals surface area contributed by atoms with Gasteiger partial charge in [0.2, 0.25) is 5.89 Å². The second kappa shape index (κ2) is 8.43. The molecule has 0 radical (unpaired) electrons. The summed E-state index contributed by atoms with van der Waals surface area (Å²) in [6.45, 7) is 1.80. The van der Waals surface area contributed by atoms with Gasteiger partial charge < -0.3 is 19.4 Å². The molecule has 1 unspecified atom stereocenters. The molecule has 3 aromatic rings. The molecule has 1 aromatic carbocycles. The van der Waals surface area contributed by atoms with E-state index < -0.39 is 0 Å². The predicted molar refractivity (Wildman–Crippen MR) is 106 cm³/mol. The lowest BCUT2D eigenvalue weighted by molar-refractivity contribution is 0.174. The molecule has 8 heteroatoms. The van der Waals surface area contributed by atoms with E-state index in [1.165, 1.54) is 0 Å². The number of hydrogen-bond donors (Lipinski definition) is 1. The van der Waals surface area contributed by atoms with Crippen LogP contribution in [-0.4, -0.2) is 41.3 Å². The van der Waals surface area contributed by atoms with Crippen LogP contribution in [0.15, 0.2) is 46.2 Å². The number of amides is 2. The van der Waals surface area contributed by atoms with Crippen molar-refractivity contribution >= 4 is 17.4 Å². The maximum absolute atomic E-state index is 12.6. The summed E-state index contributed by atoms with van der Waals surface area (Å²) in [5.41, 5.74) is 1.03. The van der Waals surface area contributed by atoms with Gasteiger partial charge in [0.25, 0.3) is 5.89 Å². The van der Waals surface area contributed by atoms with E-state index in [1.54, 1.807) is 18.4 Å². The molecule has 146 valence electrons. The number of nitrogens with one attached hydrogen (secondary N) is 1. The monoisotopic (exact) mass is 398 g/mol. The number of rotatable bonds is 5. The largest absolute Gasteiger partial charge is 0.497 e. The number of nitrogens with zero attached hydrogens (tertiary/aromatic N) is 3. The van der Waals surface area contributed by atoms with Crippen molar-refractivity contribution in [1.29, 1.82) is 0 Å². The van der Waals surface area contributed by atoms with Crippen LogP contribution in [0.1, 0.15) is 30.2 Å². The van der Waals surface area contributed by atoms with E-state index in [9.17, 15) is 4.79 Å². The number of methoxy groups -OCH3 is 1. The van der Waals surface area contributed by atoms with Crippen molar-refractivity contribution in [3.8, 4) is 16.5 Å². The second-order valence-corrected chi connectivity index (χ2v) is 7.66. The molecule has 1 saturated heterocycles. The van der Waals surface area contributed by atoms with E-state index in [2.05, 4.69) is 15.5 Å². The van der Waals surface area contributed by atoms with Gasteiger partial charge in [0.1, 0.15) is 5.75 Å². The minimum absolute atomic E-state index is 0.0708. The quantitative estimate of drug-likeness (QED) is 0.705. The fourth-order valence-corrected chi connectivity index (χ4v) is 3.94. The maximum Gasteiger partial charge on any atom is 0.317 e. The molecule has 3 heterocycles. The van der Waals surface area contributed by atoms with Gasteiger partial charge in [-0.1, -0.05) is 18.2 Å². The Morgan fingerprint density at radius 2 is 2.18 bits per heavy atom. The van der Waals surface area contributed by atoms with Crippen molar-refractivity contribution < 1.29 is 13.9 Å². The van der Waals surface area contributed by atoms with Gasteiger partial charge in [-0.05, 0) is 42.0 Å². The third-order valence-electron chi connectivity index (χ3n) is 4.83. The van der Waals surface area contributed by atoms with Crippen molar-refractivity contribution in [2.45, 2.75) is 25.3 Å². The minimum Gasteiger partial charge on any atom is -0.497 e. The number of aromatic nitrogens is 2. The van der Waals surface area contributed by atoms with Crippen molar-refractivity contribution in [1.82, 2.24) is 20.4 Å². The Hall–Kier alpha value is -2.87. The first-order chi connectivity index (χ1) is 13.7. The van der Waals surface area contributed by atoms with Gasteiger partial charge in [-0.15, -0.1) is 21.5 Å². The average Bonchev–Trinajstić information content (AvgIpc) is 3.44. The molecule has 1 aliphatic heterocycles. The van der Waals surface area contributed by atoms with Crippen molar-refractivity contribution in [2.24, 2.45) is 0 Å². The number of piperidine rings is 1. The molecule has 1 atom stereocenters. The highest BCUT2D eigenvalue weighted by Gasteiger charge is 2.28. The van der Waals surface area contributed by atoms with E-state index in [0.29, 0.717) is 24.9 Å². The number of benzene rings is 1. The molecule has 0 aliphatic carbocycles. The lowest BCUT2D eigenvalue weighted by Crippen LogP contribution is -2.44. The van der Waals surface area contributed by atoms with E-state index in [4.69, 9.17) is 9.15 Å². The van der Waals surface area contributed by atoms with Crippen LogP contribution in [0.4, 0.5) is 4.79 Å². The summed E-state index contributed by atoms with van der Waals surface area (Å²) in [5, 5.41) is 13.3. The van der Waals surface area contributed by atoms with Crippen LogP contribution in [0.2, 0.25) is 0 Å². The summed E-state index contributed by atoms with van der Waals surface area (Å²) < 4.78 is 11.0. The Morgan fingerprint density at radius 1 is 1.32 bits per heavy atom. The van der Waals surface area contributed by atoms with Crippen LogP contribution >= 0.6 is 11.3 Å². The molecule has 2 amide bonds. The Balaban J connectivity index is 1.34. The predicted octanol–water partition coefficient (Wildman–Crippen LogP) is 3.90. The molecule has 0 spiro atoms. The second-order valence-electron chi connectivity index (χ2n) is 6.71. The zero-order valence-corrected chi connectivity index (χ0v) is 16.4. The molecular formula is C20H22N4O3S. The van der Waals surface area contributed by atoms with Crippen LogP contribution < -0.4 is 10.1 Å². The number of thiophene rings is 1. The number of carbonyl (C=O) groups excluding carboxylic acids is 1. The maximum atomic E-state index is 12.6. The van der Waals surface area contributed by atoms with E-state index in [0.717, 1.165) is 35.6 Å². The van der Waals surface area contributed by atoms with Gasteiger partial charge >= 0.3 is 6.03 Å². The SMILES string of the molecule is COc1ccc(CNC(=O)N2CCCC(c3nnc(-c4cccs4)o3)C2)cc1. The summed E-state index contributed by atoms with van der Waals surface area (Å²) in [5.74, 6) is 2.03. The van der Waals surface area contributed by atoms with Crippen molar-refractivity contribution in [3.63, 3.8) is 0 Å². The summed E-state index contributed by atoms with van der Waals surface area (Å²) >= 11 is 1.57. The summed E-state index contributed by atoms with van der Waals surface area (Å²) in [4.78, 5) is 15.4. The first-order valence-corrected chi connectivity index (χ1v) is 10.1. The van der Waals surface area contributed by atoms with Crippen LogP contribution in [0.5, 0.6) is 5.75 Å². The zero-order valence-electron chi connectivity index (χ0n) is 15.6. The van der Waals surface area contributed by atoms with Crippen LogP contribution in [0, 0.1) is 0 Å². The average molecular weight is 398 g/mol. The van der Waals surface area contributed by atoms with Crippen LogP contribution in [0.25, 0.3) is 10.8 Å². The molecule has 0 saturated carbocycles. The Labute approximate surface area is 167 Å². The fraction of sp³-hybridized carbons (Fsp3) is 0.350. The van der Waals surface area contributed by atoms with Gasteiger partial charge in [-0.2, -0.15) is 0 Å². The Kier molecular flexibility index (Phi) is 5.57. The van der Waals surface area contributed by atoms with E-state index in [1.807, 2.05) is 46.7 Å². The molecule has 1 N–H and O–H groups in total.